The van der Waals surface area contributed by atoms with Crippen LogP contribution in [-0.4, -0.2) is 23.2 Å². The molecule has 4 aliphatic carbocycles. The molecule has 1 amide bonds. The lowest BCUT2D eigenvalue weighted by atomic mass is 9.50. The summed E-state index contributed by atoms with van der Waals surface area (Å²) >= 11 is 1.57. The first kappa shape index (κ1) is 16.2. The third-order valence-corrected chi connectivity index (χ3v) is 7.57. The highest BCUT2D eigenvalue weighted by Gasteiger charge is 2.53. The highest BCUT2D eigenvalue weighted by molar-refractivity contribution is 7.15. The van der Waals surface area contributed by atoms with E-state index in [1.165, 1.54) is 38.5 Å². The van der Waals surface area contributed by atoms with Gasteiger partial charge in [-0.25, -0.2) is 0 Å². The largest absolute Gasteiger partial charge is 0.497 e. The number of hydrogen-bond donors (Lipinski definition) is 1. The van der Waals surface area contributed by atoms with Crippen LogP contribution in [0.1, 0.15) is 53.9 Å². The minimum Gasteiger partial charge on any atom is -0.497 e. The topological polar surface area (TPSA) is 64.1 Å². The maximum Gasteiger partial charge on any atom is 0.257 e. The number of rotatable bonds is 4. The van der Waals surface area contributed by atoms with E-state index < -0.39 is 0 Å². The average molecular weight is 369 g/mol. The van der Waals surface area contributed by atoms with Gasteiger partial charge in [0.1, 0.15) is 10.8 Å². The molecule has 0 atom stereocenters. The lowest BCUT2D eigenvalue weighted by Crippen LogP contribution is -2.48. The molecule has 1 heterocycles. The average Bonchev–Trinajstić information content (AvgIpc) is 3.10. The molecule has 136 valence electrons. The summed E-state index contributed by atoms with van der Waals surface area (Å²) in [5.41, 5.74) is 0.826. The summed E-state index contributed by atoms with van der Waals surface area (Å²) in [7, 11) is 1.61. The first-order chi connectivity index (χ1) is 12.6. The predicted molar refractivity (Wildman–Crippen MR) is 101 cm³/mol. The lowest BCUT2D eigenvalue weighted by Gasteiger charge is -2.55. The normalized spacial score (nSPS) is 31.8. The van der Waals surface area contributed by atoms with Crippen LogP contribution in [0.15, 0.2) is 24.3 Å². The SMILES string of the molecule is COc1ccc(C(=O)Nc2nnc(C34CC5CC(CC(C5)C3)C4)s2)cc1. The molecule has 0 radical (unpaired) electrons. The van der Waals surface area contributed by atoms with Gasteiger partial charge in [-0.3, -0.25) is 10.1 Å². The molecule has 26 heavy (non-hydrogen) atoms. The van der Waals surface area contributed by atoms with Gasteiger partial charge in [0, 0.05) is 11.0 Å². The van der Waals surface area contributed by atoms with Gasteiger partial charge in [-0.05, 0) is 80.5 Å². The Labute approximate surface area is 157 Å². The monoisotopic (exact) mass is 369 g/mol. The van der Waals surface area contributed by atoms with Crippen molar-refractivity contribution in [3.05, 3.63) is 34.8 Å². The lowest BCUT2D eigenvalue weighted by molar-refractivity contribution is -0.00555. The fraction of sp³-hybridized carbons (Fsp3) is 0.550. The van der Waals surface area contributed by atoms with E-state index in [-0.39, 0.29) is 11.3 Å². The number of nitrogens with one attached hydrogen (secondary N) is 1. The van der Waals surface area contributed by atoms with Crippen molar-refractivity contribution < 1.29 is 9.53 Å². The predicted octanol–water partition coefficient (Wildman–Crippen LogP) is 4.27. The van der Waals surface area contributed by atoms with E-state index in [0.717, 1.165) is 28.5 Å². The van der Waals surface area contributed by atoms with Gasteiger partial charge in [0.25, 0.3) is 5.91 Å². The van der Waals surface area contributed by atoms with Crippen LogP contribution in [0, 0.1) is 17.8 Å². The van der Waals surface area contributed by atoms with Crippen LogP contribution in [0.5, 0.6) is 5.75 Å². The molecular formula is C20H23N3O2S. The van der Waals surface area contributed by atoms with Crippen LogP contribution in [0.2, 0.25) is 0 Å². The number of carbonyl (C=O) groups is 1. The molecule has 4 fully saturated rings. The van der Waals surface area contributed by atoms with Crippen molar-refractivity contribution in [2.45, 2.75) is 43.9 Å². The van der Waals surface area contributed by atoms with Gasteiger partial charge in [0.2, 0.25) is 5.13 Å². The number of benzene rings is 1. The molecule has 0 aliphatic heterocycles. The Bertz CT molecular complexity index is 795. The number of hydrogen-bond acceptors (Lipinski definition) is 5. The van der Waals surface area contributed by atoms with Crippen molar-refractivity contribution in [2.24, 2.45) is 17.8 Å². The van der Waals surface area contributed by atoms with Gasteiger partial charge in [-0.1, -0.05) is 11.3 Å². The zero-order valence-corrected chi connectivity index (χ0v) is 15.7. The maximum atomic E-state index is 12.5. The van der Waals surface area contributed by atoms with Crippen LogP contribution in [0.25, 0.3) is 0 Å². The molecule has 1 aromatic heterocycles. The minimum atomic E-state index is -0.152. The number of methoxy groups -OCH3 is 1. The van der Waals surface area contributed by atoms with Crippen LogP contribution < -0.4 is 10.1 Å². The van der Waals surface area contributed by atoms with Crippen molar-refractivity contribution in [3.8, 4) is 5.75 Å². The Morgan fingerprint density at radius 1 is 1.08 bits per heavy atom. The fourth-order valence-electron chi connectivity index (χ4n) is 5.77. The summed E-state index contributed by atoms with van der Waals surface area (Å²) in [4.78, 5) is 12.5. The third kappa shape index (κ3) is 2.71. The number of ether oxygens (including phenoxy) is 1. The van der Waals surface area contributed by atoms with Crippen molar-refractivity contribution in [1.82, 2.24) is 10.2 Å². The highest BCUT2D eigenvalue weighted by Crippen LogP contribution is 2.61. The van der Waals surface area contributed by atoms with Crippen LogP contribution >= 0.6 is 11.3 Å². The zero-order chi connectivity index (χ0) is 17.7. The Morgan fingerprint density at radius 2 is 1.69 bits per heavy atom. The van der Waals surface area contributed by atoms with E-state index in [1.54, 1.807) is 42.7 Å². The molecule has 2 aromatic rings. The summed E-state index contributed by atoms with van der Waals surface area (Å²) in [5, 5.41) is 13.5. The van der Waals surface area contributed by atoms with E-state index in [2.05, 4.69) is 15.5 Å². The van der Waals surface area contributed by atoms with Crippen molar-refractivity contribution >= 4 is 22.4 Å². The third-order valence-electron chi connectivity index (χ3n) is 6.49. The molecule has 1 N–H and O–H groups in total. The standard InChI is InChI=1S/C20H23N3O2S/c1-25-16-4-2-15(3-5-16)17(24)21-19-23-22-18(26-19)20-9-12-6-13(10-20)8-14(7-12)11-20/h2-5,12-14H,6-11H2,1H3,(H,21,23,24). The van der Waals surface area contributed by atoms with Crippen LogP contribution in [0.4, 0.5) is 5.13 Å². The van der Waals surface area contributed by atoms with Gasteiger partial charge in [0.15, 0.2) is 0 Å². The first-order valence-corrected chi connectivity index (χ1v) is 10.2. The maximum absolute atomic E-state index is 12.5. The molecule has 1 aromatic carbocycles. The van der Waals surface area contributed by atoms with E-state index >= 15 is 0 Å². The fourth-order valence-corrected chi connectivity index (χ4v) is 6.73. The van der Waals surface area contributed by atoms with Gasteiger partial charge in [0.05, 0.1) is 7.11 Å². The summed E-state index contributed by atoms with van der Waals surface area (Å²) < 4.78 is 5.14. The number of carbonyl (C=O) groups excluding carboxylic acids is 1. The van der Waals surface area contributed by atoms with E-state index in [0.29, 0.717) is 10.7 Å². The van der Waals surface area contributed by atoms with Gasteiger partial charge >= 0.3 is 0 Å². The summed E-state index contributed by atoms with van der Waals surface area (Å²) in [6.45, 7) is 0. The van der Waals surface area contributed by atoms with Crippen LogP contribution in [0.3, 0.4) is 0 Å². The van der Waals surface area contributed by atoms with Gasteiger partial charge in [-0.15, -0.1) is 10.2 Å². The quantitative estimate of drug-likeness (QED) is 0.874. The van der Waals surface area contributed by atoms with Crippen molar-refractivity contribution in [3.63, 3.8) is 0 Å². The molecule has 6 heteroatoms. The number of nitrogens with zero attached hydrogens (tertiary/aromatic N) is 2. The molecule has 4 saturated carbocycles. The van der Waals surface area contributed by atoms with Crippen molar-refractivity contribution in [1.29, 1.82) is 0 Å². The Kier molecular flexibility index (Phi) is 3.78. The summed E-state index contributed by atoms with van der Waals surface area (Å²) in [5.74, 6) is 3.22. The number of aromatic nitrogens is 2. The molecule has 0 saturated heterocycles. The molecule has 4 aliphatic rings. The molecule has 0 spiro atoms. The Morgan fingerprint density at radius 3 is 2.27 bits per heavy atom. The molecule has 4 bridgehead atoms. The van der Waals surface area contributed by atoms with E-state index in [1.807, 2.05) is 0 Å². The number of amides is 1. The Hall–Kier alpha value is -1.95. The minimum absolute atomic E-state index is 0.152. The zero-order valence-electron chi connectivity index (χ0n) is 14.9. The van der Waals surface area contributed by atoms with Crippen molar-refractivity contribution in [2.75, 3.05) is 12.4 Å². The van der Waals surface area contributed by atoms with Crippen LogP contribution in [-0.2, 0) is 5.41 Å². The first-order valence-electron chi connectivity index (χ1n) is 9.43. The second kappa shape index (κ2) is 6.05. The molecule has 6 rings (SSSR count). The molecule has 5 nitrogen and oxygen atoms in total. The van der Waals surface area contributed by atoms with Gasteiger partial charge < -0.3 is 4.74 Å². The smallest absolute Gasteiger partial charge is 0.257 e. The molecule has 0 unspecified atom stereocenters. The summed E-state index contributed by atoms with van der Waals surface area (Å²) in [6, 6.07) is 7.09. The van der Waals surface area contributed by atoms with E-state index in [4.69, 9.17) is 4.74 Å². The second-order valence-electron chi connectivity index (χ2n) is 8.29. The Balaban J connectivity index is 1.33. The second-order valence-corrected chi connectivity index (χ2v) is 9.27. The number of anilines is 1. The molecular weight excluding hydrogens is 346 g/mol. The van der Waals surface area contributed by atoms with E-state index in [9.17, 15) is 4.79 Å². The summed E-state index contributed by atoms with van der Waals surface area (Å²) in [6.07, 6.45) is 8.04. The highest BCUT2D eigenvalue weighted by atomic mass is 32.1. The van der Waals surface area contributed by atoms with Gasteiger partial charge in [-0.2, -0.15) is 0 Å².